The molecule has 0 saturated heterocycles. The third-order valence-electron chi connectivity index (χ3n) is 3.09. The molecule has 0 unspecified atom stereocenters. The molecule has 1 amide bonds. The molecule has 92 valence electrons. The summed E-state index contributed by atoms with van der Waals surface area (Å²) in [6, 6.07) is 4.59. The van der Waals surface area contributed by atoms with Crippen LogP contribution in [0.5, 0.6) is 0 Å². The first-order chi connectivity index (χ1) is 8.07. The number of carbonyl (C=O) groups is 1. The first kappa shape index (κ1) is 12.5. The highest BCUT2D eigenvalue weighted by atomic mass is 79.9. The molecule has 0 spiro atoms. The first-order valence-corrected chi connectivity index (χ1v) is 6.20. The molecule has 0 heterocycles. The number of nitrogens with one attached hydrogen (secondary N) is 1. The molecular formula is C12H13BrFNO2. The van der Waals surface area contributed by atoms with Gasteiger partial charge in [-0.15, -0.1) is 0 Å². The van der Waals surface area contributed by atoms with Crippen molar-refractivity contribution in [3.05, 3.63) is 34.1 Å². The van der Waals surface area contributed by atoms with Crippen molar-refractivity contribution in [1.29, 1.82) is 0 Å². The van der Waals surface area contributed by atoms with Gasteiger partial charge in [-0.05, 0) is 31.0 Å². The van der Waals surface area contributed by atoms with Gasteiger partial charge in [-0.3, -0.25) is 4.79 Å². The maximum absolute atomic E-state index is 13.4. The molecule has 5 heteroatoms. The second-order valence-electron chi connectivity index (χ2n) is 4.36. The molecule has 0 radical (unpaired) electrons. The van der Waals surface area contributed by atoms with E-state index in [0.29, 0.717) is 18.4 Å². The maximum atomic E-state index is 13.4. The summed E-state index contributed by atoms with van der Waals surface area (Å²) >= 11 is 3.25. The number of rotatable bonds is 4. The fourth-order valence-electron chi connectivity index (χ4n) is 1.65. The SMILES string of the molecule is O=C(NCc1cc(Br)ccc1F)C1(CO)CC1. The van der Waals surface area contributed by atoms with Crippen molar-refractivity contribution in [2.45, 2.75) is 19.4 Å². The third-order valence-corrected chi connectivity index (χ3v) is 3.58. The Kier molecular flexibility index (Phi) is 3.49. The van der Waals surface area contributed by atoms with Crippen LogP contribution in [0.3, 0.4) is 0 Å². The number of carbonyl (C=O) groups excluding carboxylic acids is 1. The zero-order chi connectivity index (χ0) is 12.5. The fourth-order valence-corrected chi connectivity index (χ4v) is 2.06. The second kappa shape index (κ2) is 4.74. The molecule has 1 aliphatic rings. The Morgan fingerprint density at radius 2 is 2.24 bits per heavy atom. The fraction of sp³-hybridized carbons (Fsp3) is 0.417. The van der Waals surface area contributed by atoms with Gasteiger partial charge >= 0.3 is 0 Å². The smallest absolute Gasteiger partial charge is 0.228 e. The summed E-state index contributed by atoms with van der Waals surface area (Å²) in [4.78, 5) is 11.7. The Labute approximate surface area is 107 Å². The van der Waals surface area contributed by atoms with E-state index in [0.717, 1.165) is 4.47 Å². The number of benzene rings is 1. The lowest BCUT2D eigenvalue weighted by Crippen LogP contribution is -2.33. The zero-order valence-electron chi connectivity index (χ0n) is 9.17. The molecule has 17 heavy (non-hydrogen) atoms. The Hall–Kier alpha value is -0.940. The van der Waals surface area contributed by atoms with Gasteiger partial charge in [-0.1, -0.05) is 15.9 Å². The standard InChI is InChI=1S/C12H13BrFNO2/c13-9-1-2-10(14)8(5-9)6-15-11(17)12(7-16)3-4-12/h1-2,5,16H,3-4,6-7H2,(H,15,17). The topological polar surface area (TPSA) is 49.3 Å². The van der Waals surface area contributed by atoms with Crippen LogP contribution in [0.2, 0.25) is 0 Å². The minimum atomic E-state index is -0.609. The van der Waals surface area contributed by atoms with Gasteiger partial charge in [0.15, 0.2) is 0 Å². The van der Waals surface area contributed by atoms with E-state index in [-0.39, 0.29) is 24.9 Å². The molecule has 0 bridgehead atoms. The molecule has 1 aliphatic carbocycles. The first-order valence-electron chi connectivity index (χ1n) is 5.40. The molecule has 0 atom stereocenters. The summed E-state index contributed by atoms with van der Waals surface area (Å²) in [5.74, 6) is -0.540. The molecule has 2 rings (SSSR count). The van der Waals surface area contributed by atoms with Crippen LogP contribution >= 0.6 is 15.9 Å². The summed E-state index contributed by atoms with van der Waals surface area (Å²) in [5, 5.41) is 11.7. The van der Waals surface area contributed by atoms with E-state index >= 15 is 0 Å². The van der Waals surface area contributed by atoms with Crippen molar-refractivity contribution in [1.82, 2.24) is 5.32 Å². The van der Waals surface area contributed by atoms with E-state index in [1.807, 2.05) is 0 Å². The third kappa shape index (κ3) is 2.66. The average molecular weight is 302 g/mol. The van der Waals surface area contributed by atoms with Gasteiger partial charge in [0, 0.05) is 16.6 Å². The molecule has 2 N–H and O–H groups in total. The summed E-state index contributed by atoms with van der Waals surface area (Å²) in [6.45, 7) is 0.00561. The number of halogens is 2. The summed E-state index contributed by atoms with van der Waals surface area (Å²) in [5.41, 5.74) is -0.177. The van der Waals surface area contributed by atoms with Gasteiger partial charge in [0.2, 0.25) is 5.91 Å². The van der Waals surface area contributed by atoms with E-state index in [1.54, 1.807) is 12.1 Å². The van der Waals surface area contributed by atoms with Gasteiger partial charge in [0.25, 0.3) is 0 Å². The van der Waals surface area contributed by atoms with E-state index in [2.05, 4.69) is 21.2 Å². The van der Waals surface area contributed by atoms with Gasteiger partial charge < -0.3 is 10.4 Å². The van der Waals surface area contributed by atoms with E-state index in [1.165, 1.54) is 6.07 Å². The van der Waals surface area contributed by atoms with Crippen LogP contribution in [0.1, 0.15) is 18.4 Å². The van der Waals surface area contributed by atoms with Crippen LogP contribution in [0.15, 0.2) is 22.7 Å². The van der Waals surface area contributed by atoms with E-state index in [9.17, 15) is 9.18 Å². The predicted molar refractivity (Wildman–Crippen MR) is 64.7 cm³/mol. The van der Waals surface area contributed by atoms with E-state index < -0.39 is 5.41 Å². The van der Waals surface area contributed by atoms with Gasteiger partial charge in [0.1, 0.15) is 5.82 Å². The van der Waals surface area contributed by atoms with Crippen molar-refractivity contribution in [2.75, 3.05) is 6.61 Å². The van der Waals surface area contributed by atoms with Crippen LogP contribution in [0, 0.1) is 11.2 Å². The minimum Gasteiger partial charge on any atom is -0.395 e. The predicted octanol–water partition coefficient (Wildman–Crippen LogP) is 1.98. The van der Waals surface area contributed by atoms with Crippen LogP contribution in [-0.2, 0) is 11.3 Å². The summed E-state index contributed by atoms with van der Waals surface area (Å²) in [7, 11) is 0. The van der Waals surface area contributed by atoms with Crippen LogP contribution in [0.25, 0.3) is 0 Å². The highest BCUT2D eigenvalue weighted by molar-refractivity contribution is 9.10. The van der Waals surface area contributed by atoms with Crippen molar-refractivity contribution >= 4 is 21.8 Å². The Morgan fingerprint density at radius 1 is 1.53 bits per heavy atom. The largest absolute Gasteiger partial charge is 0.395 e. The number of hydrogen-bond acceptors (Lipinski definition) is 2. The van der Waals surface area contributed by atoms with Crippen molar-refractivity contribution in [3.63, 3.8) is 0 Å². The number of aliphatic hydroxyl groups is 1. The molecule has 0 aliphatic heterocycles. The number of aliphatic hydroxyl groups excluding tert-OH is 1. The highest BCUT2D eigenvalue weighted by Gasteiger charge is 2.49. The lowest BCUT2D eigenvalue weighted by molar-refractivity contribution is -0.127. The lowest BCUT2D eigenvalue weighted by Gasteiger charge is -2.12. The van der Waals surface area contributed by atoms with Crippen LogP contribution in [0.4, 0.5) is 4.39 Å². The Bertz CT molecular complexity index is 446. The van der Waals surface area contributed by atoms with E-state index in [4.69, 9.17) is 5.11 Å². The van der Waals surface area contributed by atoms with Crippen molar-refractivity contribution in [2.24, 2.45) is 5.41 Å². The number of hydrogen-bond donors (Lipinski definition) is 2. The zero-order valence-corrected chi connectivity index (χ0v) is 10.8. The van der Waals surface area contributed by atoms with Gasteiger partial charge in [-0.2, -0.15) is 0 Å². The maximum Gasteiger partial charge on any atom is 0.228 e. The van der Waals surface area contributed by atoms with Crippen LogP contribution in [-0.4, -0.2) is 17.6 Å². The molecule has 1 fully saturated rings. The summed E-state index contributed by atoms with van der Waals surface area (Å²) < 4.78 is 14.2. The summed E-state index contributed by atoms with van der Waals surface area (Å²) in [6.07, 6.45) is 1.41. The number of amides is 1. The monoisotopic (exact) mass is 301 g/mol. The highest BCUT2D eigenvalue weighted by Crippen LogP contribution is 2.45. The molecule has 0 aromatic heterocycles. The van der Waals surface area contributed by atoms with Crippen molar-refractivity contribution in [3.8, 4) is 0 Å². The average Bonchev–Trinajstić information content (AvgIpc) is 3.11. The minimum absolute atomic E-state index is 0.139. The molecule has 3 nitrogen and oxygen atoms in total. The quantitative estimate of drug-likeness (QED) is 0.893. The van der Waals surface area contributed by atoms with Crippen molar-refractivity contribution < 1.29 is 14.3 Å². The molecular weight excluding hydrogens is 289 g/mol. The van der Waals surface area contributed by atoms with Gasteiger partial charge in [0.05, 0.1) is 12.0 Å². The lowest BCUT2D eigenvalue weighted by atomic mass is 10.1. The molecule has 1 aromatic carbocycles. The second-order valence-corrected chi connectivity index (χ2v) is 5.27. The van der Waals surface area contributed by atoms with Crippen LogP contribution < -0.4 is 5.32 Å². The van der Waals surface area contributed by atoms with Gasteiger partial charge in [-0.25, -0.2) is 4.39 Å². The molecule has 1 aromatic rings. The normalized spacial score (nSPS) is 16.6. The Morgan fingerprint density at radius 3 is 2.82 bits per heavy atom. The Balaban J connectivity index is 1.98. The molecule has 1 saturated carbocycles.